The van der Waals surface area contributed by atoms with E-state index in [1.807, 2.05) is 0 Å². The smallest absolute Gasteiger partial charge is 0.233 e. The van der Waals surface area contributed by atoms with Gasteiger partial charge in [0.15, 0.2) is 11.5 Å². The lowest BCUT2D eigenvalue weighted by Gasteiger charge is -2.47. The van der Waals surface area contributed by atoms with E-state index in [9.17, 15) is 4.79 Å². The third-order valence-corrected chi connectivity index (χ3v) is 10.3. The Bertz CT molecular complexity index is 1150. The molecule has 1 amide bonds. The lowest BCUT2D eigenvalue weighted by atomic mass is 9.67. The van der Waals surface area contributed by atoms with Crippen molar-refractivity contribution in [1.29, 1.82) is 0 Å². The van der Waals surface area contributed by atoms with Gasteiger partial charge in [0, 0.05) is 12.6 Å². The minimum absolute atomic E-state index is 0.0162. The molecule has 6 heteroatoms. The fraction of sp³-hybridized carbons (Fsp3) is 0.581. The van der Waals surface area contributed by atoms with Gasteiger partial charge >= 0.3 is 0 Å². The van der Waals surface area contributed by atoms with Crippen LogP contribution in [-0.4, -0.2) is 49.8 Å². The van der Waals surface area contributed by atoms with Crippen LogP contribution in [0.3, 0.4) is 0 Å². The molecule has 1 saturated carbocycles. The van der Waals surface area contributed by atoms with Crippen LogP contribution in [0.25, 0.3) is 0 Å². The molecule has 4 atom stereocenters. The minimum Gasteiger partial charge on any atom is -0.454 e. The quantitative estimate of drug-likeness (QED) is 0.675. The number of amides is 1. The van der Waals surface area contributed by atoms with Gasteiger partial charge in [-0.25, -0.2) is 0 Å². The van der Waals surface area contributed by atoms with E-state index < -0.39 is 0 Å². The molecule has 4 aliphatic heterocycles. The molecule has 2 saturated heterocycles. The molecule has 1 aliphatic carbocycles. The summed E-state index contributed by atoms with van der Waals surface area (Å²) in [5.74, 6) is 3.40. The van der Waals surface area contributed by atoms with Gasteiger partial charge in [0.2, 0.25) is 12.7 Å². The monoisotopic (exact) mass is 503 g/mol. The molecule has 6 nitrogen and oxygen atoms in total. The molecule has 37 heavy (non-hydrogen) atoms. The first-order chi connectivity index (χ1) is 18.2. The van der Waals surface area contributed by atoms with Gasteiger partial charge in [0.25, 0.3) is 0 Å². The van der Waals surface area contributed by atoms with Gasteiger partial charge in [0.05, 0.1) is 25.2 Å². The number of carbonyl (C=O) groups is 1. The van der Waals surface area contributed by atoms with Crippen molar-refractivity contribution in [3.8, 4) is 11.5 Å². The molecule has 0 aromatic heterocycles. The third-order valence-electron chi connectivity index (χ3n) is 10.3. The highest BCUT2D eigenvalue weighted by atomic mass is 16.7. The summed E-state index contributed by atoms with van der Waals surface area (Å²) in [5, 5.41) is 4.78. The lowest BCUT2D eigenvalue weighted by Crippen LogP contribution is -2.91. The Morgan fingerprint density at radius 2 is 1.78 bits per heavy atom. The van der Waals surface area contributed by atoms with Gasteiger partial charge in [-0.1, -0.05) is 55.7 Å². The fourth-order valence-corrected chi connectivity index (χ4v) is 8.48. The molecule has 1 spiro atoms. The predicted molar refractivity (Wildman–Crippen MR) is 140 cm³/mol. The maximum Gasteiger partial charge on any atom is 0.233 e. The summed E-state index contributed by atoms with van der Waals surface area (Å²) in [6, 6.07) is 15.7. The highest BCUT2D eigenvalue weighted by Crippen LogP contribution is 2.46. The van der Waals surface area contributed by atoms with Crippen molar-refractivity contribution < 1.29 is 24.9 Å². The molecular formula is C31H41N3O3+2. The Morgan fingerprint density at radius 1 is 0.946 bits per heavy atom. The molecule has 2 aromatic rings. The second kappa shape index (κ2) is 9.63. The highest BCUT2D eigenvalue weighted by Gasteiger charge is 2.57. The Morgan fingerprint density at radius 3 is 2.65 bits per heavy atom. The molecule has 2 aromatic carbocycles. The van der Waals surface area contributed by atoms with Crippen LogP contribution in [0.15, 0.2) is 42.5 Å². The average Bonchev–Trinajstić information content (AvgIpc) is 3.62. The van der Waals surface area contributed by atoms with Crippen LogP contribution >= 0.6 is 0 Å². The molecule has 0 radical (unpaired) electrons. The molecule has 4 heterocycles. The van der Waals surface area contributed by atoms with Crippen LogP contribution in [-0.2, 0) is 16.8 Å². The van der Waals surface area contributed by atoms with Crippen LogP contribution in [0.5, 0.6) is 11.5 Å². The molecule has 7 rings (SSSR count). The van der Waals surface area contributed by atoms with E-state index in [0.717, 1.165) is 57.1 Å². The first-order valence-electron chi connectivity index (χ1n) is 14.7. The van der Waals surface area contributed by atoms with Gasteiger partial charge in [-0.2, -0.15) is 0 Å². The number of fused-ring (bicyclic) bond motifs is 4. The zero-order valence-electron chi connectivity index (χ0n) is 21.9. The number of hydrogen-bond acceptors (Lipinski definition) is 3. The normalized spacial score (nSPS) is 31.5. The van der Waals surface area contributed by atoms with E-state index in [-0.39, 0.29) is 11.3 Å². The van der Waals surface area contributed by atoms with Crippen molar-refractivity contribution >= 4 is 5.91 Å². The summed E-state index contributed by atoms with van der Waals surface area (Å²) in [4.78, 5) is 17.0. The van der Waals surface area contributed by atoms with Gasteiger partial charge in [-0.3, -0.25) is 4.79 Å². The van der Waals surface area contributed by atoms with E-state index in [2.05, 4.69) is 58.0 Å². The fourth-order valence-electron chi connectivity index (χ4n) is 8.48. The van der Waals surface area contributed by atoms with E-state index in [0.29, 0.717) is 30.6 Å². The second-order valence-electron chi connectivity index (χ2n) is 12.1. The van der Waals surface area contributed by atoms with Crippen LogP contribution in [0.2, 0.25) is 0 Å². The first-order valence-corrected chi connectivity index (χ1v) is 14.7. The SMILES string of the molecule is O=C([C@@H]1C[NH2+]C[C@]12C[NH2+]Cc1c2ccc2c1OCO2)N1CC[C@@H](c2ccccc2)C[C@H]1C1CCCCC1. The third kappa shape index (κ3) is 3.95. The van der Waals surface area contributed by atoms with E-state index in [1.54, 1.807) is 0 Å². The molecule has 0 bridgehead atoms. The number of hydrogen-bond donors (Lipinski definition) is 2. The molecule has 0 unspecified atom stereocenters. The van der Waals surface area contributed by atoms with Crippen molar-refractivity contribution in [2.24, 2.45) is 11.8 Å². The number of piperidine rings is 1. The Kier molecular flexibility index (Phi) is 6.13. The Labute approximate surface area is 220 Å². The van der Waals surface area contributed by atoms with Crippen LogP contribution in [0.4, 0.5) is 0 Å². The van der Waals surface area contributed by atoms with E-state index >= 15 is 0 Å². The number of quaternary nitrogens is 2. The van der Waals surface area contributed by atoms with Crippen molar-refractivity contribution in [3.63, 3.8) is 0 Å². The highest BCUT2D eigenvalue weighted by molar-refractivity contribution is 5.82. The van der Waals surface area contributed by atoms with Gasteiger partial charge in [-0.15, -0.1) is 0 Å². The maximum absolute atomic E-state index is 14.6. The minimum atomic E-state index is -0.140. The van der Waals surface area contributed by atoms with Crippen molar-refractivity contribution in [2.45, 2.75) is 68.9 Å². The number of likely N-dealkylation sites (tertiary alicyclic amines) is 1. The summed E-state index contributed by atoms with van der Waals surface area (Å²) < 4.78 is 11.6. The molecular weight excluding hydrogens is 462 g/mol. The number of rotatable bonds is 3. The van der Waals surface area contributed by atoms with Crippen LogP contribution < -0.4 is 20.1 Å². The van der Waals surface area contributed by atoms with Crippen molar-refractivity contribution in [1.82, 2.24) is 4.90 Å². The molecule has 5 aliphatic rings. The zero-order chi connectivity index (χ0) is 24.8. The lowest BCUT2D eigenvalue weighted by molar-refractivity contribution is -0.691. The largest absolute Gasteiger partial charge is 0.454 e. The van der Waals surface area contributed by atoms with Crippen LogP contribution in [0.1, 0.15) is 67.6 Å². The topological polar surface area (TPSA) is 72.0 Å². The Balaban J connectivity index is 1.20. The summed E-state index contributed by atoms with van der Waals surface area (Å²) >= 11 is 0. The van der Waals surface area contributed by atoms with E-state index in [4.69, 9.17) is 9.47 Å². The van der Waals surface area contributed by atoms with Gasteiger partial charge < -0.3 is 25.0 Å². The molecule has 4 N–H and O–H groups in total. The Hall–Kier alpha value is -2.57. The van der Waals surface area contributed by atoms with Crippen LogP contribution in [0, 0.1) is 11.8 Å². The molecule has 3 fully saturated rings. The number of benzene rings is 2. The molecule has 196 valence electrons. The van der Waals surface area contributed by atoms with Crippen molar-refractivity contribution in [2.75, 3.05) is 33.0 Å². The predicted octanol–water partition coefficient (Wildman–Crippen LogP) is 2.28. The summed E-state index contributed by atoms with van der Waals surface area (Å²) in [6.07, 6.45) is 8.72. The number of ether oxygens (including phenoxy) is 2. The first kappa shape index (κ1) is 23.5. The maximum atomic E-state index is 14.6. The number of nitrogens with two attached hydrogens (primary N) is 2. The van der Waals surface area contributed by atoms with Gasteiger partial charge in [0.1, 0.15) is 17.9 Å². The summed E-state index contributed by atoms with van der Waals surface area (Å²) in [5.41, 5.74) is 3.90. The zero-order valence-corrected chi connectivity index (χ0v) is 21.9. The van der Waals surface area contributed by atoms with Gasteiger partial charge in [-0.05, 0) is 54.7 Å². The second-order valence-corrected chi connectivity index (χ2v) is 12.1. The number of carbonyl (C=O) groups excluding carboxylic acids is 1. The van der Waals surface area contributed by atoms with E-state index in [1.165, 1.54) is 48.8 Å². The summed E-state index contributed by atoms with van der Waals surface area (Å²) in [6.45, 7) is 4.92. The summed E-state index contributed by atoms with van der Waals surface area (Å²) in [7, 11) is 0. The standard InChI is InChI=1S/C31H39N3O3/c35-30(26-17-33-19-31(26)18-32-16-24-25(31)11-12-28-29(24)37-20-36-28)34-14-13-23(21-7-3-1-4-8-21)15-27(34)22-9-5-2-6-10-22/h1,3-4,7-8,11-12,22-23,26-27,32-33H,2,5-6,9-10,13-20H2/p+2/t23-,26+,27+,31+/m1/s1. The number of nitrogens with zero attached hydrogens (tertiary/aromatic N) is 1. The average molecular weight is 504 g/mol. The van der Waals surface area contributed by atoms with Crippen molar-refractivity contribution in [3.05, 3.63) is 59.2 Å².